The van der Waals surface area contributed by atoms with Gasteiger partial charge in [-0.1, -0.05) is 47.5 Å². The van der Waals surface area contributed by atoms with E-state index in [1.54, 1.807) is 35.7 Å². The topological polar surface area (TPSA) is 49.4 Å². The fourth-order valence-corrected chi connectivity index (χ4v) is 3.84. The molecule has 0 aliphatic rings. The van der Waals surface area contributed by atoms with Crippen LogP contribution in [0.2, 0.25) is 10.0 Å². The van der Waals surface area contributed by atoms with Crippen LogP contribution in [0.1, 0.15) is 25.8 Å². The molecule has 2 aromatic rings. The van der Waals surface area contributed by atoms with E-state index in [2.05, 4.69) is 5.32 Å². The van der Waals surface area contributed by atoms with Gasteiger partial charge < -0.3 is 10.2 Å². The summed E-state index contributed by atoms with van der Waals surface area (Å²) in [5, 5.41) is 3.67. The Morgan fingerprint density at radius 1 is 1.11 bits per heavy atom. The van der Waals surface area contributed by atoms with E-state index in [0.29, 0.717) is 35.3 Å². The van der Waals surface area contributed by atoms with Crippen LogP contribution in [0, 0.1) is 0 Å². The van der Waals surface area contributed by atoms with Crippen molar-refractivity contribution in [3.8, 4) is 0 Å². The highest BCUT2D eigenvalue weighted by atomic mass is 35.5. The zero-order valence-electron chi connectivity index (χ0n) is 16.0. The summed E-state index contributed by atoms with van der Waals surface area (Å²) < 4.78 is 0. The molecule has 0 saturated carbocycles. The molecule has 0 bridgehead atoms. The summed E-state index contributed by atoms with van der Waals surface area (Å²) in [5.74, 6) is 0.392. The van der Waals surface area contributed by atoms with Gasteiger partial charge in [0.25, 0.3) is 0 Å². The maximum Gasteiger partial charge on any atom is 0.242 e. The second-order valence-corrected chi connectivity index (χ2v) is 8.23. The number of rotatable bonds is 9. The van der Waals surface area contributed by atoms with Crippen molar-refractivity contribution in [1.29, 1.82) is 0 Å². The average Bonchev–Trinajstić information content (AvgIpc) is 2.69. The van der Waals surface area contributed by atoms with E-state index in [-0.39, 0.29) is 11.8 Å². The van der Waals surface area contributed by atoms with E-state index in [1.807, 2.05) is 43.3 Å². The van der Waals surface area contributed by atoms with Crippen LogP contribution in [-0.4, -0.2) is 35.1 Å². The van der Waals surface area contributed by atoms with E-state index in [9.17, 15) is 9.59 Å². The molecule has 0 aromatic heterocycles. The van der Waals surface area contributed by atoms with E-state index in [4.69, 9.17) is 23.2 Å². The number of carbonyl (C=O) groups is 2. The number of thioether (sulfide) groups is 1. The first-order valence-electron chi connectivity index (χ1n) is 9.11. The summed E-state index contributed by atoms with van der Waals surface area (Å²) in [6.07, 6.45) is 0.338. The molecule has 150 valence electrons. The Balaban J connectivity index is 2.08. The van der Waals surface area contributed by atoms with Crippen LogP contribution >= 0.6 is 35.0 Å². The Kier molecular flexibility index (Phi) is 9.16. The number of nitrogens with one attached hydrogen (secondary N) is 1. The number of likely N-dealkylation sites (N-methyl/N-ethyl adjacent to an activating group) is 1. The smallest absolute Gasteiger partial charge is 0.242 e. The number of amides is 2. The Morgan fingerprint density at radius 3 is 2.46 bits per heavy atom. The molecule has 2 rings (SSSR count). The molecule has 0 heterocycles. The van der Waals surface area contributed by atoms with Gasteiger partial charge in [0.05, 0.1) is 10.0 Å². The Morgan fingerprint density at radius 2 is 1.82 bits per heavy atom. The molecule has 28 heavy (non-hydrogen) atoms. The number of hydrogen-bond acceptors (Lipinski definition) is 3. The molecule has 0 fully saturated rings. The van der Waals surface area contributed by atoms with Crippen LogP contribution in [0.15, 0.2) is 53.4 Å². The Labute approximate surface area is 180 Å². The summed E-state index contributed by atoms with van der Waals surface area (Å²) >= 11 is 13.7. The number of benzene rings is 2. The van der Waals surface area contributed by atoms with Crippen molar-refractivity contribution in [3.63, 3.8) is 0 Å². The molecule has 0 saturated heterocycles. The van der Waals surface area contributed by atoms with Gasteiger partial charge in [-0.3, -0.25) is 9.59 Å². The molecule has 2 aromatic carbocycles. The van der Waals surface area contributed by atoms with Crippen molar-refractivity contribution >= 4 is 46.8 Å². The largest absolute Gasteiger partial charge is 0.355 e. The third-order valence-electron chi connectivity index (χ3n) is 4.18. The molecule has 7 heteroatoms. The van der Waals surface area contributed by atoms with Crippen LogP contribution < -0.4 is 5.32 Å². The van der Waals surface area contributed by atoms with Crippen LogP contribution in [0.4, 0.5) is 0 Å². The van der Waals surface area contributed by atoms with Crippen LogP contribution in [-0.2, 0) is 16.1 Å². The number of hydrogen-bond donors (Lipinski definition) is 1. The van der Waals surface area contributed by atoms with Gasteiger partial charge >= 0.3 is 0 Å². The van der Waals surface area contributed by atoms with E-state index >= 15 is 0 Å². The first kappa shape index (κ1) is 22.6. The normalized spacial score (nSPS) is 11.7. The second kappa shape index (κ2) is 11.3. The first-order valence-corrected chi connectivity index (χ1v) is 10.9. The highest BCUT2D eigenvalue weighted by Gasteiger charge is 2.25. The Hall–Kier alpha value is -1.69. The van der Waals surface area contributed by atoms with Gasteiger partial charge in [0.15, 0.2) is 0 Å². The lowest BCUT2D eigenvalue weighted by atomic mass is 10.1. The van der Waals surface area contributed by atoms with Gasteiger partial charge in [0.2, 0.25) is 11.8 Å². The van der Waals surface area contributed by atoms with Crippen molar-refractivity contribution in [3.05, 3.63) is 64.1 Å². The van der Waals surface area contributed by atoms with Gasteiger partial charge in [-0.25, -0.2) is 0 Å². The summed E-state index contributed by atoms with van der Waals surface area (Å²) in [4.78, 5) is 28.0. The minimum Gasteiger partial charge on any atom is -0.355 e. The van der Waals surface area contributed by atoms with Crippen molar-refractivity contribution in [2.75, 3.05) is 12.3 Å². The van der Waals surface area contributed by atoms with Crippen molar-refractivity contribution < 1.29 is 9.59 Å². The average molecular weight is 439 g/mol. The van der Waals surface area contributed by atoms with Gasteiger partial charge in [-0.15, -0.1) is 11.8 Å². The van der Waals surface area contributed by atoms with Crippen LogP contribution in [0.25, 0.3) is 0 Å². The highest BCUT2D eigenvalue weighted by molar-refractivity contribution is 7.99. The lowest BCUT2D eigenvalue weighted by Crippen LogP contribution is -2.47. The molecular formula is C21H24Cl2N2O2S. The minimum atomic E-state index is -0.580. The van der Waals surface area contributed by atoms with Gasteiger partial charge in [-0.05, 0) is 43.7 Å². The summed E-state index contributed by atoms with van der Waals surface area (Å²) in [5.41, 5.74) is 0.828. The third-order valence-corrected chi connectivity index (χ3v) is 5.94. The lowest BCUT2D eigenvalue weighted by molar-refractivity contribution is -0.140. The Bertz CT molecular complexity index is 802. The molecule has 0 aliphatic carbocycles. The van der Waals surface area contributed by atoms with Crippen LogP contribution in [0.3, 0.4) is 0 Å². The minimum absolute atomic E-state index is 0.0757. The molecule has 2 amide bonds. The number of nitrogens with zero attached hydrogens (tertiary/aromatic N) is 1. The van der Waals surface area contributed by atoms with Crippen molar-refractivity contribution in [2.45, 2.75) is 37.8 Å². The van der Waals surface area contributed by atoms with Gasteiger partial charge in [-0.2, -0.15) is 0 Å². The van der Waals surface area contributed by atoms with Gasteiger partial charge in [0.1, 0.15) is 6.04 Å². The lowest BCUT2D eigenvalue weighted by Gasteiger charge is -2.29. The molecule has 0 spiro atoms. The molecule has 4 nitrogen and oxygen atoms in total. The highest BCUT2D eigenvalue weighted by Crippen LogP contribution is 2.24. The third kappa shape index (κ3) is 6.73. The first-order chi connectivity index (χ1) is 13.4. The molecule has 1 atom stereocenters. The maximum absolute atomic E-state index is 12.9. The molecule has 0 radical (unpaired) electrons. The summed E-state index contributed by atoms with van der Waals surface area (Å²) in [7, 11) is 0. The number of carbonyl (C=O) groups excluding carboxylic acids is 2. The SMILES string of the molecule is CCNC(=O)[C@H](C)N(Cc1ccc(Cl)c(Cl)c1)C(=O)CCSc1ccccc1. The van der Waals surface area contributed by atoms with Gasteiger partial charge in [0, 0.05) is 30.2 Å². The zero-order valence-corrected chi connectivity index (χ0v) is 18.3. The quantitative estimate of drug-likeness (QED) is 0.558. The van der Waals surface area contributed by atoms with Crippen molar-refractivity contribution in [1.82, 2.24) is 10.2 Å². The summed E-state index contributed by atoms with van der Waals surface area (Å²) in [6.45, 7) is 4.41. The fraction of sp³-hybridized carbons (Fsp3) is 0.333. The molecule has 0 unspecified atom stereocenters. The molecular weight excluding hydrogens is 415 g/mol. The van der Waals surface area contributed by atoms with Crippen LogP contribution in [0.5, 0.6) is 0 Å². The molecule has 0 aliphatic heterocycles. The zero-order chi connectivity index (χ0) is 20.5. The molecule has 1 N–H and O–H groups in total. The maximum atomic E-state index is 12.9. The number of halogens is 2. The predicted molar refractivity (Wildman–Crippen MR) is 117 cm³/mol. The van der Waals surface area contributed by atoms with E-state index in [1.165, 1.54) is 0 Å². The van der Waals surface area contributed by atoms with Crippen molar-refractivity contribution in [2.24, 2.45) is 0 Å². The predicted octanol–water partition coefficient (Wildman–Crippen LogP) is 5.03. The standard InChI is InChI=1S/C21H24Cl2N2O2S/c1-3-24-21(27)15(2)25(14-16-9-10-18(22)19(23)13-16)20(26)11-12-28-17-7-5-4-6-8-17/h4-10,13,15H,3,11-12,14H2,1-2H3,(H,24,27)/t15-/m0/s1. The van der Waals surface area contributed by atoms with E-state index < -0.39 is 6.04 Å². The monoisotopic (exact) mass is 438 g/mol. The fourth-order valence-electron chi connectivity index (χ4n) is 2.66. The second-order valence-electron chi connectivity index (χ2n) is 6.25. The summed E-state index contributed by atoms with van der Waals surface area (Å²) in [6, 6.07) is 14.6. The van der Waals surface area contributed by atoms with E-state index in [0.717, 1.165) is 10.5 Å².